The van der Waals surface area contributed by atoms with Gasteiger partial charge < -0.3 is 10.6 Å². The molecule has 0 aromatic rings. The third kappa shape index (κ3) is 4.06. The summed E-state index contributed by atoms with van der Waals surface area (Å²) in [6, 6.07) is 1.31. The van der Waals surface area contributed by atoms with E-state index in [0.717, 1.165) is 12.0 Å². The van der Waals surface area contributed by atoms with Crippen molar-refractivity contribution in [3.63, 3.8) is 0 Å². The van der Waals surface area contributed by atoms with Crippen molar-refractivity contribution in [2.45, 2.75) is 57.5 Å². The molecule has 0 radical (unpaired) electrons. The van der Waals surface area contributed by atoms with Crippen molar-refractivity contribution in [1.82, 2.24) is 4.90 Å². The van der Waals surface area contributed by atoms with Crippen molar-refractivity contribution >= 4 is 24.8 Å². The van der Waals surface area contributed by atoms with Crippen LogP contribution in [-0.4, -0.2) is 30.1 Å². The highest BCUT2D eigenvalue weighted by molar-refractivity contribution is 5.85. The van der Waals surface area contributed by atoms with E-state index in [0.29, 0.717) is 6.04 Å². The minimum Gasteiger partial charge on any atom is -0.328 e. The molecule has 1 aliphatic heterocycles. The van der Waals surface area contributed by atoms with Gasteiger partial charge in [0.1, 0.15) is 0 Å². The van der Waals surface area contributed by atoms with Crippen LogP contribution in [0.4, 0.5) is 0 Å². The third-order valence-electron chi connectivity index (χ3n) is 4.22. The van der Waals surface area contributed by atoms with Crippen molar-refractivity contribution in [2.24, 2.45) is 11.7 Å². The Morgan fingerprint density at radius 2 is 1.50 bits per heavy atom. The van der Waals surface area contributed by atoms with E-state index < -0.39 is 0 Å². The lowest BCUT2D eigenvalue weighted by Crippen LogP contribution is -2.39. The molecule has 2 nitrogen and oxygen atoms in total. The van der Waals surface area contributed by atoms with Crippen molar-refractivity contribution in [1.29, 1.82) is 0 Å². The molecule has 2 aliphatic rings. The number of hydrogen-bond donors (Lipinski definition) is 1. The quantitative estimate of drug-likeness (QED) is 0.835. The molecule has 1 aliphatic carbocycles. The summed E-state index contributed by atoms with van der Waals surface area (Å²) in [4.78, 5) is 2.68. The largest absolute Gasteiger partial charge is 0.328 e. The fourth-order valence-electron chi connectivity index (χ4n) is 3.07. The van der Waals surface area contributed by atoms with E-state index in [4.69, 9.17) is 5.73 Å². The molecule has 0 aromatic carbocycles. The molecular formula is C12H26Cl2N2. The van der Waals surface area contributed by atoms with Gasteiger partial charge in [0.15, 0.2) is 0 Å². The van der Waals surface area contributed by atoms with Gasteiger partial charge in [-0.3, -0.25) is 0 Å². The van der Waals surface area contributed by atoms with Crippen LogP contribution >= 0.6 is 24.8 Å². The van der Waals surface area contributed by atoms with Gasteiger partial charge in [-0.05, 0) is 64.5 Å². The van der Waals surface area contributed by atoms with Gasteiger partial charge in [0.25, 0.3) is 0 Å². The zero-order chi connectivity index (χ0) is 9.97. The molecule has 0 amide bonds. The molecule has 0 aromatic heterocycles. The van der Waals surface area contributed by atoms with Gasteiger partial charge in [0.2, 0.25) is 0 Å². The molecule has 0 spiro atoms. The second-order valence-corrected chi connectivity index (χ2v) is 5.16. The van der Waals surface area contributed by atoms with E-state index in [1.54, 1.807) is 0 Å². The monoisotopic (exact) mass is 268 g/mol. The van der Waals surface area contributed by atoms with E-state index >= 15 is 0 Å². The Balaban J connectivity index is 0.00000112. The first-order valence-electron chi connectivity index (χ1n) is 6.27. The maximum atomic E-state index is 5.94. The van der Waals surface area contributed by atoms with E-state index in [9.17, 15) is 0 Å². The average molecular weight is 269 g/mol. The van der Waals surface area contributed by atoms with Crippen LogP contribution in [0.25, 0.3) is 0 Å². The predicted octanol–water partition coefficient (Wildman–Crippen LogP) is 2.83. The van der Waals surface area contributed by atoms with Crippen molar-refractivity contribution in [3.8, 4) is 0 Å². The van der Waals surface area contributed by atoms with Crippen LogP contribution < -0.4 is 5.73 Å². The Morgan fingerprint density at radius 1 is 1.00 bits per heavy atom. The Kier molecular flexibility index (Phi) is 8.00. The number of halogens is 2. The second kappa shape index (κ2) is 7.75. The first-order chi connectivity index (χ1) is 6.77. The summed E-state index contributed by atoms with van der Waals surface area (Å²) in [6.07, 6.45) is 8.05. The standard InChI is InChI=1S/C12H24N2.2ClH/c1-10(14-8-2-3-9-14)11-4-6-12(13)7-5-11;;/h10-12H,2-9,13H2,1H3;2*1H. The van der Waals surface area contributed by atoms with Gasteiger partial charge in [0.05, 0.1) is 0 Å². The van der Waals surface area contributed by atoms with Crippen LogP contribution in [0.1, 0.15) is 45.4 Å². The average Bonchev–Trinajstić information content (AvgIpc) is 2.71. The van der Waals surface area contributed by atoms with Gasteiger partial charge >= 0.3 is 0 Å². The molecule has 4 heteroatoms. The molecule has 98 valence electrons. The second-order valence-electron chi connectivity index (χ2n) is 5.16. The fraction of sp³-hybridized carbons (Fsp3) is 1.00. The molecule has 1 heterocycles. The Morgan fingerprint density at radius 3 is 2.00 bits per heavy atom. The molecule has 0 bridgehead atoms. The van der Waals surface area contributed by atoms with Gasteiger partial charge in [-0.1, -0.05) is 0 Å². The first-order valence-corrected chi connectivity index (χ1v) is 6.27. The highest BCUT2D eigenvalue weighted by Gasteiger charge is 2.28. The minimum absolute atomic E-state index is 0. The smallest absolute Gasteiger partial charge is 0.00952 e. The maximum absolute atomic E-state index is 5.94. The zero-order valence-corrected chi connectivity index (χ0v) is 11.9. The lowest BCUT2D eigenvalue weighted by atomic mass is 9.82. The van der Waals surface area contributed by atoms with Gasteiger partial charge in [-0.2, -0.15) is 0 Å². The van der Waals surface area contributed by atoms with Gasteiger partial charge in [-0.25, -0.2) is 0 Å². The summed E-state index contributed by atoms with van der Waals surface area (Å²) in [5.41, 5.74) is 5.94. The lowest BCUT2D eigenvalue weighted by molar-refractivity contribution is 0.151. The van der Waals surface area contributed by atoms with E-state index in [2.05, 4.69) is 11.8 Å². The molecule has 1 unspecified atom stereocenters. The first kappa shape index (κ1) is 16.5. The van der Waals surface area contributed by atoms with Crippen molar-refractivity contribution < 1.29 is 0 Å². The topological polar surface area (TPSA) is 29.3 Å². The van der Waals surface area contributed by atoms with Crippen molar-refractivity contribution in [3.05, 3.63) is 0 Å². The highest BCUT2D eigenvalue weighted by atomic mass is 35.5. The molecule has 1 atom stereocenters. The Bertz CT molecular complexity index is 176. The lowest BCUT2D eigenvalue weighted by Gasteiger charge is -2.35. The number of likely N-dealkylation sites (tertiary alicyclic amines) is 1. The Hall–Kier alpha value is 0.500. The molecule has 2 N–H and O–H groups in total. The number of nitrogens with zero attached hydrogens (tertiary/aromatic N) is 1. The van der Waals surface area contributed by atoms with E-state index in [1.165, 1.54) is 51.6 Å². The van der Waals surface area contributed by atoms with Crippen LogP contribution in [0.15, 0.2) is 0 Å². The molecule has 1 saturated carbocycles. The van der Waals surface area contributed by atoms with Gasteiger partial charge in [-0.15, -0.1) is 24.8 Å². The minimum atomic E-state index is 0. The summed E-state index contributed by atoms with van der Waals surface area (Å²) in [5.74, 6) is 0.924. The number of nitrogens with two attached hydrogens (primary N) is 1. The predicted molar refractivity (Wildman–Crippen MR) is 74.7 cm³/mol. The maximum Gasteiger partial charge on any atom is 0.00952 e. The molecule has 1 saturated heterocycles. The third-order valence-corrected chi connectivity index (χ3v) is 4.22. The van der Waals surface area contributed by atoms with Crippen molar-refractivity contribution in [2.75, 3.05) is 13.1 Å². The summed E-state index contributed by atoms with van der Waals surface area (Å²) in [5, 5.41) is 0. The van der Waals surface area contributed by atoms with Crippen LogP contribution in [0.5, 0.6) is 0 Å². The van der Waals surface area contributed by atoms with E-state index in [1.807, 2.05) is 0 Å². The molecular weight excluding hydrogens is 243 g/mol. The van der Waals surface area contributed by atoms with Crippen LogP contribution in [0.3, 0.4) is 0 Å². The molecule has 2 rings (SSSR count). The normalized spacial score (nSPS) is 32.6. The molecule has 16 heavy (non-hydrogen) atoms. The van der Waals surface area contributed by atoms with Crippen LogP contribution in [0.2, 0.25) is 0 Å². The summed E-state index contributed by atoms with van der Waals surface area (Å²) in [7, 11) is 0. The zero-order valence-electron chi connectivity index (χ0n) is 10.2. The fourth-order valence-corrected chi connectivity index (χ4v) is 3.07. The summed E-state index contributed by atoms with van der Waals surface area (Å²) < 4.78 is 0. The van der Waals surface area contributed by atoms with Crippen LogP contribution in [0, 0.1) is 5.92 Å². The highest BCUT2D eigenvalue weighted by Crippen LogP contribution is 2.29. The van der Waals surface area contributed by atoms with Gasteiger partial charge in [0, 0.05) is 12.1 Å². The Labute approximate surface area is 112 Å². The number of rotatable bonds is 2. The van der Waals surface area contributed by atoms with Crippen LogP contribution in [-0.2, 0) is 0 Å². The summed E-state index contributed by atoms with van der Waals surface area (Å²) in [6.45, 7) is 5.10. The van der Waals surface area contributed by atoms with E-state index in [-0.39, 0.29) is 24.8 Å². The SMILES string of the molecule is CC(C1CCC(N)CC1)N1CCCC1.Cl.Cl. The molecule has 2 fully saturated rings. The number of hydrogen-bond acceptors (Lipinski definition) is 2. The summed E-state index contributed by atoms with van der Waals surface area (Å²) >= 11 is 0.